The van der Waals surface area contributed by atoms with E-state index in [0.717, 1.165) is 34.6 Å². The molecule has 1 aromatic carbocycles. The summed E-state index contributed by atoms with van der Waals surface area (Å²) in [6.07, 6.45) is -3.85. The molecule has 32 heavy (non-hydrogen) atoms. The van der Waals surface area contributed by atoms with Crippen molar-refractivity contribution in [2.24, 2.45) is 0 Å². The van der Waals surface area contributed by atoms with Gasteiger partial charge in [-0.25, -0.2) is 17.8 Å². The summed E-state index contributed by atoms with van der Waals surface area (Å²) in [5.74, 6) is -0.838. The molecule has 0 N–H and O–H groups in total. The average Bonchev–Trinajstić information content (AvgIpc) is 2.73. The summed E-state index contributed by atoms with van der Waals surface area (Å²) in [4.78, 5) is 19.4. The maximum Gasteiger partial charge on any atom is 0.417 e. The number of benzene rings is 1. The van der Waals surface area contributed by atoms with Gasteiger partial charge < -0.3 is 9.80 Å². The second-order valence-electron chi connectivity index (χ2n) is 7.11. The molecule has 13 heteroatoms. The number of hydrogen-bond acceptors (Lipinski definition) is 5. The van der Waals surface area contributed by atoms with Crippen molar-refractivity contribution in [3.05, 3.63) is 52.9 Å². The van der Waals surface area contributed by atoms with E-state index in [1.807, 2.05) is 0 Å². The number of piperazine rings is 1. The second kappa shape index (κ2) is 9.20. The Morgan fingerprint density at radius 1 is 1.16 bits per heavy atom. The molecule has 3 rings (SSSR count). The molecule has 1 aliphatic heterocycles. The fraction of sp³-hybridized carbons (Fsp3) is 0.368. The molecule has 0 unspecified atom stereocenters. The summed E-state index contributed by atoms with van der Waals surface area (Å²) in [6, 6.07) is 5.07. The third-order valence-corrected chi connectivity index (χ3v) is 7.06. The van der Waals surface area contributed by atoms with Gasteiger partial charge >= 0.3 is 6.18 Å². The minimum atomic E-state index is -4.55. The number of pyridine rings is 1. The Labute approximate surface area is 187 Å². The van der Waals surface area contributed by atoms with Gasteiger partial charge in [0.25, 0.3) is 0 Å². The zero-order valence-corrected chi connectivity index (χ0v) is 18.4. The van der Waals surface area contributed by atoms with E-state index in [0.29, 0.717) is 6.20 Å². The molecule has 0 atom stereocenters. The van der Waals surface area contributed by atoms with E-state index in [-0.39, 0.29) is 41.9 Å². The number of halogens is 5. The Hall–Kier alpha value is -2.44. The van der Waals surface area contributed by atoms with Crippen LogP contribution in [0.2, 0.25) is 5.02 Å². The van der Waals surface area contributed by atoms with Gasteiger partial charge in [-0.05, 0) is 30.3 Å². The predicted octanol–water partition coefficient (Wildman–Crippen LogP) is 2.86. The van der Waals surface area contributed by atoms with Gasteiger partial charge in [0.15, 0.2) is 0 Å². The number of hydrogen-bond donors (Lipinski definition) is 0. The largest absolute Gasteiger partial charge is 0.417 e. The van der Waals surface area contributed by atoms with Crippen LogP contribution in [0.3, 0.4) is 0 Å². The molecule has 0 saturated carbocycles. The van der Waals surface area contributed by atoms with Crippen molar-refractivity contribution < 1.29 is 30.8 Å². The van der Waals surface area contributed by atoms with E-state index in [4.69, 9.17) is 11.6 Å². The lowest BCUT2D eigenvalue weighted by molar-refractivity contribution is -0.137. The molecule has 0 spiro atoms. The van der Waals surface area contributed by atoms with Crippen molar-refractivity contribution in [1.82, 2.24) is 14.2 Å². The van der Waals surface area contributed by atoms with Crippen LogP contribution in [0.5, 0.6) is 0 Å². The van der Waals surface area contributed by atoms with Crippen molar-refractivity contribution in [3.8, 4) is 0 Å². The van der Waals surface area contributed by atoms with Crippen molar-refractivity contribution >= 4 is 33.3 Å². The molecular weight excluding hydrogens is 476 g/mol. The number of nitrogens with zero attached hydrogens (tertiary/aromatic N) is 4. The number of aromatic nitrogens is 1. The summed E-state index contributed by atoms with van der Waals surface area (Å²) in [6.45, 7) is 0.528. The van der Waals surface area contributed by atoms with Crippen LogP contribution in [0.15, 0.2) is 41.4 Å². The molecule has 1 aromatic heterocycles. The van der Waals surface area contributed by atoms with E-state index in [2.05, 4.69) is 4.98 Å². The standard InChI is InChI=1S/C19H19ClF4N4O3S/c1-26(32(30,31)15-4-2-14(21)3-5-15)12-17(29)27-6-8-28(9-7-27)18-16(20)10-13(11-25-18)19(22,23)24/h2-5,10-11H,6-9,12H2,1H3. The van der Waals surface area contributed by atoms with Crippen LogP contribution in [0.25, 0.3) is 0 Å². The van der Waals surface area contributed by atoms with E-state index in [1.54, 1.807) is 4.90 Å². The highest BCUT2D eigenvalue weighted by molar-refractivity contribution is 7.89. The SMILES string of the molecule is CN(CC(=O)N1CCN(c2ncc(C(F)(F)F)cc2Cl)CC1)S(=O)(=O)c1ccc(F)cc1. The van der Waals surface area contributed by atoms with E-state index >= 15 is 0 Å². The third-order valence-electron chi connectivity index (χ3n) is 4.96. The smallest absolute Gasteiger partial charge is 0.352 e. The normalized spacial score (nSPS) is 15.3. The van der Waals surface area contributed by atoms with Crippen molar-refractivity contribution in [2.75, 3.05) is 44.7 Å². The summed E-state index contributed by atoms with van der Waals surface area (Å²) >= 11 is 5.97. The number of amides is 1. The Bertz CT molecular complexity index is 1090. The maximum atomic E-state index is 13.0. The first kappa shape index (κ1) is 24.2. The highest BCUT2D eigenvalue weighted by atomic mass is 35.5. The molecule has 0 radical (unpaired) electrons. The monoisotopic (exact) mass is 494 g/mol. The number of carbonyl (C=O) groups excluding carboxylic acids is 1. The fourth-order valence-corrected chi connectivity index (χ4v) is 4.55. The summed E-state index contributed by atoms with van der Waals surface area (Å²) < 4.78 is 77.4. The molecule has 1 saturated heterocycles. The summed E-state index contributed by atoms with van der Waals surface area (Å²) in [5.41, 5.74) is -0.953. The van der Waals surface area contributed by atoms with Crippen molar-refractivity contribution in [2.45, 2.75) is 11.1 Å². The zero-order chi connectivity index (χ0) is 23.7. The van der Waals surface area contributed by atoms with Crippen LogP contribution in [-0.2, 0) is 21.0 Å². The van der Waals surface area contributed by atoms with Gasteiger partial charge in [-0.2, -0.15) is 17.5 Å². The van der Waals surface area contributed by atoms with E-state index in [1.165, 1.54) is 11.9 Å². The lowest BCUT2D eigenvalue weighted by atomic mass is 10.2. The molecule has 1 fully saturated rings. The van der Waals surface area contributed by atoms with Crippen molar-refractivity contribution in [3.63, 3.8) is 0 Å². The number of rotatable bonds is 5. The fourth-order valence-electron chi connectivity index (χ4n) is 3.15. The van der Waals surface area contributed by atoms with Crippen LogP contribution in [0.1, 0.15) is 5.56 Å². The number of likely N-dealkylation sites (N-methyl/N-ethyl adjacent to an activating group) is 1. The molecular formula is C19H19ClF4N4O3S. The van der Waals surface area contributed by atoms with Crippen LogP contribution in [0.4, 0.5) is 23.4 Å². The van der Waals surface area contributed by atoms with Crippen LogP contribution < -0.4 is 4.90 Å². The molecule has 0 bridgehead atoms. The Balaban J connectivity index is 1.60. The van der Waals surface area contributed by atoms with Gasteiger partial charge in [0.1, 0.15) is 11.6 Å². The lowest BCUT2D eigenvalue weighted by Gasteiger charge is -2.36. The molecule has 7 nitrogen and oxygen atoms in total. The number of anilines is 1. The molecule has 2 heterocycles. The van der Waals surface area contributed by atoms with Gasteiger partial charge in [-0.1, -0.05) is 11.6 Å². The molecule has 174 valence electrons. The number of carbonyl (C=O) groups is 1. The van der Waals surface area contributed by atoms with Gasteiger partial charge in [-0.3, -0.25) is 4.79 Å². The van der Waals surface area contributed by atoms with Crippen LogP contribution in [0, 0.1) is 5.82 Å². The topological polar surface area (TPSA) is 73.8 Å². The summed E-state index contributed by atoms with van der Waals surface area (Å²) in [7, 11) is -2.73. The first-order chi connectivity index (χ1) is 14.9. The van der Waals surface area contributed by atoms with Gasteiger partial charge in [-0.15, -0.1) is 0 Å². The van der Waals surface area contributed by atoms with Crippen molar-refractivity contribution in [1.29, 1.82) is 0 Å². The van der Waals surface area contributed by atoms with Crippen LogP contribution in [-0.4, -0.2) is 68.3 Å². The zero-order valence-electron chi connectivity index (χ0n) is 16.8. The molecule has 2 aromatic rings. The summed E-state index contributed by atoms with van der Waals surface area (Å²) in [5, 5.41) is -0.148. The minimum absolute atomic E-state index is 0.137. The lowest BCUT2D eigenvalue weighted by Crippen LogP contribution is -2.51. The quantitative estimate of drug-likeness (QED) is 0.598. The predicted molar refractivity (Wildman–Crippen MR) is 109 cm³/mol. The Morgan fingerprint density at radius 2 is 1.75 bits per heavy atom. The van der Waals surface area contributed by atoms with Gasteiger partial charge in [0.2, 0.25) is 15.9 Å². The number of alkyl halides is 3. The van der Waals surface area contributed by atoms with Gasteiger partial charge in [0, 0.05) is 39.4 Å². The molecule has 0 aliphatic carbocycles. The molecule has 1 aliphatic rings. The second-order valence-corrected chi connectivity index (χ2v) is 9.56. The minimum Gasteiger partial charge on any atom is -0.352 e. The van der Waals surface area contributed by atoms with Gasteiger partial charge in [0.05, 0.1) is 22.0 Å². The van der Waals surface area contributed by atoms with E-state index < -0.39 is 40.0 Å². The Morgan fingerprint density at radius 3 is 2.28 bits per heavy atom. The van der Waals surface area contributed by atoms with E-state index in [9.17, 15) is 30.8 Å². The highest BCUT2D eigenvalue weighted by Crippen LogP contribution is 2.33. The highest BCUT2D eigenvalue weighted by Gasteiger charge is 2.33. The average molecular weight is 495 g/mol. The first-order valence-electron chi connectivity index (χ1n) is 9.37. The third kappa shape index (κ3) is 5.30. The number of sulfonamides is 1. The Kier molecular flexibility index (Phi) is 6.96. The van der Waals surface area contributed by atoms with Crippen LogP contribution >= 0.6 is 11.6 Å². The molecule has 1 amide bonds. The first-order valence-corrected chi connectivity index (χ1v) is 11.2. The maximum absolute atomic E-state index is 13.0.